The largest absolute Gasteiger partial charge is 0 e. The Morgan fingerprint density at radius 1 is 0.151 bits per heavy atom. The summed E-state index contributed by atoms with van der Waals surface area (Å²) in [5.74, 6) is 0. The van der Waals surface area contributed by atoms with Crippen molar-refractivity contribution in [1.82, 2.24) is 0 Å². The number of rotatable bonds is 28. The molecule has 0 fully saturated rings. The quantitative estimate of drug-likeness (QED) is 0.0685. The Bertz CT molecular complexity index is 1080. The lowest BCUT2D eigenvalue weighted by molar-refractivity contribution is 3.50. The van der Waals surface area contributed by atoms with Gasteiger partial charge in [0, 0.05) is 674 Å². The third-order valence-corrected chi connectivity index (χ3v) is 10.7. The van der Waals surface area contributed by atoms with Gasteiger partial charge in [0.1, 0.15) is 0 Å². The lowest BCUT2D eigenvalue weighted by atomic mass is 8.56. The van der Waals surface area contributed by atoms with Gasteiger partial charge in [-0.15, -0.1) is 0 Å². The van der Waals surface area contributed by atoms with E-state index in [1.807, 2.05) is 0 Å². The van der Waals surface area contributed by atoms with Gasteiger partial charge in [0.25, 0.3) is 0 Å². The van der Waals surface area contributed by atoms with Crippen molar-refractivity contribution in [1.29, 1.82) is 0 Å². The third kappa shape index (κ3) is 86.8. The van der Waals surface area contributed by atoms with Crippen molar-refractivity contribution in [3.63, 3.8) is 0 Å². The SMILES string of the molecule is [B].[B].[B]B([B])B(B([B])[B])B([B])[B].[B]B([B])[B].[B][B]B(B([B])[B])B([B])[B].[B][B]B(B([B])[B])B([B])[B].[B][B]B([B])B(B([B])[B])B([B])[B].[B][B]B([B])B(B([B])[B])B([B])[B].[B][B]B([B])B(B([B])[B])B([B])[B].[B][B]B([B])B(B([B])[B])B([B])[B].[B][B]B([B])B([B])[B].[B][B]B([B])[B].[B][B][B]. The molecule has 0 saturated carbocycles. The van der Waals surface area contributed by atoms with Gasteiger partial charge in [0.05, 0.1) is 0 Å². The van der Waals surface area contributed by atoms with E-state index in [-0.39, 0.29) is 61.5 Å². The average molecular weight is 1010 g/mol. The molecule has 119 radical (unpaired) electrons. The average Bonchev–Trinajstić information content (AvgIpc) is 3.38. The zero-order valence-electron chi connectivity index (χ0n) is 53.7. The number of hydrogen-bond donors (Lipinski definition) is 0. The van der Waals surface area contributed by atoms with Crippen molar-refractivity contribution in [3.05, 3.63) is 0 Å². The first-order chi connectivity index (χ1) is 41.3. The molecule has 0 N–H and O–H groups in total. The maximum absolute atomic E-state index is 5.52. The third-order valence-electron chi connectivity index (χ3n) is 10.7. The minimum Gasteiger partial charge on any atom is 0 e. The second-order valence-corrected chi connectivity index (χ2v) is 19.1. The van der Waals surface area contributed by atoms with E-state index in [1.54, 1.807) is 0 Å². The molecule has 0 aromatic carbocycles. The van der Waals surface area contributed by atoms with Crippen LogP contribution in [0, 0.1) is 0 Å². The second kappa shape index (κ2) is 83.7. The summed E-state index contributed by atoms with van der Waals surface area (Å²) < 4.78 is 0. The van der Waals surface area contributed by atoms with Crippen LogP contribution in [0.3, 0.4) is 0 Å². The van der Waals surface area contributed by atoms with Crippen LogP contribution >= 0.6 is 0 Å². The molecule has 0 aromatic rings. The topological polar surface area (TPSA) is 0 Å². The molecule has 93 heteroatoms. The summed E-state index contributed by atoms with van der Waals surface area (Å²) >= 11 is 0. The van der Waals surface area contributed by atoms with Crippen molar-refractivity contribution in [3.8, 4) is 0 Å². The van der Waals surface area contributed by atoms with Crippen LogP contribution in [0.1, 0.15) is 0 Å². The van der Waals surface area contributed by atoms with E-state index < -0.39 is 147 Å². The van der Waals surface area contributed by atoms with Gasteiger partial charge in [0.2, 0.25) is 0 Å². The first-order valence-electron chi connectivity index (χ1n) is 26.7. The molecule has 0 nitrogen and oxygen atoms in total. The molecule has 0 spiro atoms. The van der Waals surface area contributed by atoms with Crippen molar-refractivity contribution in [2.24, 2.45) is 0 Å². The fourth-order valence-electron chi connectivity index (χ4n) is 5.52. The molecule has 0 amide bonds. The molecule has 279 valence electrons. The van der Waals surface area contributed by atoms with E-state index in [4.69, 9.17) is 364 Å². The van der Waals surface area contributed by atoms with Gasteiger partial charge >= 0.3 is 0 Å². The summed E-state index contributed by atoms with van der Waals surface area (Å²) in [5.41, 5.74) is 0. The molecule has 0 heterocycles. The minimum absolute atomic E-state index is 0. The Kier molecular flexibility index (Phi) is 116. The van der Waals surface area contributed by atoms with Gasteiger partial charge < -0.3 is 0 Å². The molecule has 0 aliphatic heterocycles. The first kappa shape index (κ1) is 129. The van der Waals surface area contributed by atoms with Gasteiger partial charge in [-0.1, -0.05) is 0 Å². The van der Waals surface area contributed by atoms with E-state index in [9.17, 15) is 0 Å². The van der Waals surface area contributed by atoms with Gasteiger partial charge in [0.15, 0.2) is 0 Å². The van der Waals surface area contributed by atoms with E-state index in [0.717, 1.165) is 7.06 Å². The molecule has 93 heavy (non-hydrogen) atoms. The minimum atomic E-state index is -0.667. The molecule has 0 rings (SSSR count). The normalized spacial score (nSPS) is 7.70. The van der Waals surface area contributed by atoms with Crippen LogP contribution < -0.4 is 0 Å². The molecule has 0 aliphatic rings. The maximum atomic E-state index is 5.52. The van der Waals surface area contributed by atoms with Crippen LogP contribution in [0.25, 0.3) is 0 Å². The molecule has 0 bridgehead atoms. The Hall–Kier alpha value is 6.04. The maximum Gasteiger partial charge on any atom is 0 e. The van der Waals surface area contributed by atoms with Gasteiger partial charge in [-0.25, -0.2) is 0 Å². The Labute approximate surface area is 667 Å². The monoisotopic (exact) mass is 1020 g/mol. The highest BCUT2D eigenvalue weighted by atomic mass is 13.1. The summed E-state index contributed by atoms with van der Waals surface area (Å²) in [7, 11) is 282. The van der Waals surface area contributed by atoms with Crippen molar-refractivity contribution in [2.45, 2.75) is 0 Å². The van der Waals surface area contributed by atoms with Gasteiger partial charge in [-0.05, 0) is 0 Å². The van der Waals surface area contributed by atoms with Gasteiger partial charge in [-0.3, -0.25) is 0 Å². The fraction of sp³-hybridized carbons (Fsp3) is 0. The smallest absolute Gasteiger partial charge is 0 e. The summed E-state index contributed by atoms with van der Waals surface area (Å²) in [6, 6.07) is 0. The molecule has 0 unspecified atom stereocenters. The molecule has 0 aromatic heterocycles. The van der Waals surface area contributed by atoms with Crippen molar-refractivity contribution < 1.29 is 0 Å². The summed E-state index contributed by atoms with van der Waals surface area (Å²) in [4.78, 5) is 0. The van der Waals surface area contributed by atoms with Crippen LogP contribution in [0.2, 0.25) is 0 Å². The predicted octanol–water partition coefficient (Wildman–Crippen LogP) is -35.4. The van der Waals surface area contributed by atoms with Crippen LogP contribution in [0.5, 0.6) is 0 Å². The molecule has 0 aliphatic carbocycles. The van der Waals surface area contributed by atoms with Crippen LogP contribution in [0.4, 0.5) is 0 Å². The predicted molar refractivity (Wildman–Crippen MR) is 535 cm³/mol. The zero-order chi connectivity index (χ0) is 75.7. The summed E-state index contributed by atoms with van der Waals surface area (Å²) in [5, 5.41) is 0. The molecule has 0 atom stereocenters. The number of hydrogen-bond acceptors (Lipinski definition) is 0. The Morgan fingerprint density at radius 2 is 0.269 bits per heavy atom. The summed E-state index contributed by atoms with van der Waals surface area (Å²) in [6.45, 7) is 0. The van der Waals surface area contributed by atoms with Crippen molar-refractivity contribution in [2.75, 3.05) is 0 Å². The molecule has 0 saturated heterocycles. The lowest BCUT2D eigenvalue weighted by Gasteiger charge is -2.25. The first-order valence-corrected chi connectivity index (χ1v) is 26.7. The highest BCUT2D eigenvalue weighted by molar-refractivity contribution is 8.06. The van der Waals surface area contributed by atoms with Crippen molar-refractivity contribution >= 4 is 674 Å². The van der Waals surface area contributed by atoms with E-state index in [2.05, 4.69) is 38.7 Å². The second-order valence-electron chi connectivity index (χ2n) is 19.1. The van der Waals surface area contributed by atoms with E-state index in [1.165, 1.54) is 56.5 Å². The highest BCUT2D eigenvalue weighted by Crippen LogP contribution is 1.92. The molecular weight excluding hydrogens is 1010 g/mol. The fourth-order valence-corrected chi connectivity index (χ4v) is 5.52. The lowest BCUT2D eigenvalue weighted by Crippen LogP contribution is -2.63. The van der Waals surface area contributed by atoms with Crippen LogP contribution in [-0.2, 0) is 0 Å². The van der Waals surface area contributed by atoms with E-state index in [0.29, 0.717) is 0 Å². The van der Waals surface area contributed by atoms with Crippen LogP contribution in [0.15, 0.2) is 0 Å². The Morgan fingerprint density at radius 3 is 0.280 bits per heavy atom. The van der Waals surface area contributed by atoms with Crippen LogP contribution in [-0.4, -0.2) is 674 Å². The summed E-state index contributed by atoms with van der Waals surface area (Å²) in [6.07, 6.45) is -16.0. The zero-order valence-corrected chi connectivity index (χ0v) is 53.7. The van der Waals surface area contributed by atoms with E-state index >= 15 is 0 Å². The Balaban J connectivity index is -0.0000000697. The van der Waals surface area contributed by atoms with Gasteiger partial charge in [-0.2, -0.15) is 0 Å². The molecular formula is B93. The highest BCUT2D eigenvalue weighted by Gasteiger charge is 2.30. The standard InChI is InChI=1S/4B11.B10.2B9.B7.B5.B4.B3.2B/c4*1-7-10(6)11(8(2)3)9(4)5;1-7(2)10(8(3)4)9(5)6;2*1-6-9(7(2)3)8(4)5;1-5-7(4)6(2)3;1-4-5(2)3;1-4(2)3;1-3-2;;.